The van der Waals surface area contributed by atoms with Gasteiger partial charge in [-0.2, -0.15) is 4.31 Å². The monoisotopic (exact) mass is 840 g/mol. The number of alkyl halides is 3. The fraction of sp³-hybridized carbons (Fsp3) is 0.350. The van der Waals surface area contributed by atoms with Gasteiger partial charge in [0, 0.05) is 12.1 Å². The maximum absolute atomic E-state index is 15.2. The Morgan fingerprint density at radius 3 is 1.98 bits per heavy atom. The third kappa shape index (κ3) is 9.38. The summed E-state index contributed by atoms with van der Waals surface area (Å²) in [7, 11) is -6.00. The van der Waals surface area contributed by atoms with Crippen LogP contribution in [0.15, 0.2) is 65.6 Å². The fourth-order valence-corrected chi connectivity index (χ4v) is 7.65. The molecular formula is C40H36F8N2O7S. The van der Waals surface area contributed by atoms with Gasteiger partial charge in [0.1, 0.15) is 11.5 Å². The third-order valence-electron chi connectivity index (χ3n) is 9.51. The molecule has 1 N–H and O–H groups in total. The number of carboxylic acids is 1. The maximum Gasteiger partial charge on any atom is 0.573 e. The van der Waals surface area contributed by atoms with Gasteiger partial charge in [-0.05, 0) is 78.0 Å². The number of benzene rings is 4. The van der Waals surface area contributed by atoms with Gasteiger partial charge in [0.2, 0.25) is 21.7 Å². The first kappa shape index (κ1) is 42.4. The van der Waals surface area contributed by atoms with Gasteiger partial charge >= 0.3 is 12.3 Å². The number of carboxylic acid groups (broad SMARTS) is 1. The average molecular weight is 841 g/mol. The number of halogens is 8. The molecule has 0 spiro atoms. The van der Waals surface area contributed by atoms with Crippen molar-refractivity contribution in [3.63, 3.8) is 0 Å². The van der Waals surface area contributed by atoms with E-state index in [1.54, 1.807) is 6.07 Å². The standard InChI is InChI=1S/C40H36F8N2O7S/c1-39(2,3)26-15-21(14-25(16-26)22-8-9-22)18-50(28-13-10-23(38(52)53)17-30(28)56-27-11-12-27)31(51)20-49(19-24-6-4-5-7-29(24)57-40(46,47)48)58(54,55)37-35(44)33(42)32(41)34(43)36(37)45/h4-7,10,13-17,22,27H,8-9,11-12,18-20H2,1-3H3,(H,52,53). The van der Waals surface area contributed by atoms with Gasteiger partial charge in [0.25, 0.3) is 0 Å². The van der Waals surface area contributed by atoms with Crippen molar-refractivity contribution in [2.75, 3.05) is 11.4 Å². The Kier molecular flexibility index (Phi) is 11.6. The second kappa shape index (κ2) is 15.8. The number of carbonyl (C=O) groups is 2. The van der Waals surface area contributed by atoms with Crippen LogP contribution in [-0.2, 0) is 33.3 Å². The summed E-state index contributed by atoms with van der Waals surface area (Å²) in [6.07, 6.45) is -2.74. The topological polar surface area (TPSA) is 113 Å². The summed E-state index contributed by atoms with van der Waals surface area (Å²) in [6.45, 7) is 2.77. The highest BCUT2D eigenvalue weighted by Crippen LogP contribution is 2.43. The average Bonchev–Trinajstić information content (AvgIpc) is 4.08. The van der Waals surface area contributed by atoms with Gasteiger partial charge in [-0.25, -0.2) is 35.2 Å². The van der Waals surface area contributed by atoms with Crippen molar-refractivity contribution in [3.8, 4) is 11.5 Å². The van der Waals surface area contributed by atoms with Gasteiger partial charge in [-0.15, -0.1) is 13.2 Å². The highest BCUT2D eigenvalue weighted by atomic mass is 32.2. The molecule has 2 aliphatic carbocycles. The van der Waals surface area contributed by atoms with E-state index in [1.807, 2.05) is 32.9 Å². The van der Waals surface area contributed by atoms with Crippen molar-refractivity contribution in [2.24, 2.45) is 0 Å². The molecule has 0 unspecified atom stereocenters. The van der Waals surface area contributed by atoms with E-state index in [9.17, 15) is 49.5 Å². The van der Waals surface area contributed by atoms with E-state index in [0.29, 0.717) is 18.4 Å². The minimum atomic E-state index is -6.00. The lowest BCUT2D eigenvalue weighted by Gasteiger charge is -2.30. The van der Waals surface area contributed by atoms with Crippen LogP contribution in [0.2, 0.25) is 0 Å². The SMILES string of the molecule is CC(C)(C)c1cc(CN(C(=O)CN(Cc2ccccc2OC(F)(F)F)S(=O)(=O)c2c(F)c(F)c(F)c(F)c2F)c2ccc(C(=O)O)cc2OC2CC2)cc(C2CC2)c1. The lowest BCUT2D eigenvalue weighted by atomic mass is 9.84. The van der Waals surface area contributed by atoms with Crippen LogP contribution in [0.25, 0.3) is 0 Å². The van der Waals surface area contributed by atoms with E-state index >= 15 is 8.78 Å². The van der Waals surface area contributed by atoms with Crippen molar-refractivity contribution >= 4 is 27.6 Å². The Morgan fingerprint density at radius 1 is 0.793 bits per heavy atom. The molecule has 6 rings (SSSR count). The zero-order valence-corrected chi connectivity index (χ0v) is 31.9. The van der Waals surface area contributed by atoms with Gasteiger partial charge in [-0.1, -0.05) is 57.2 Å². The zero-order valence-electron chi connectivity index (χ0n) is 31.1. The maximum atomic E-state index is 15.2. The van der Waals surface area contributed by atoms with Crippen molar-refractivity contribution < 1.29 is 67.7 Å². The summed E-state index contributed by atoms with van der Waals surface area (Å²) in [5, 5.41) is 9.75. The summed E-state index contributed by atoms with van der Waals surface area (Å²) in [5.41, 5.74) is 0.999. The molecule has 0 saturated heterocycles. The normalized spacial score (nSPS) is 14.8. The molecule has 18 heteroatoms. The van der Waals surface area contributed by atoms with Crippen LogP contribution in [-0.4, -0.2) is 48.7 Å². The Bertz CT molecular complexity index is 2350. The number of carbonyl (C=O) groups excluding carboxylic acids is 1. The van der Waals surface area contributed by atoms with Crippen molar-refractivity contribution in [1.82, 2.24) is 4.31 Å². The Labute approximate surface area is 327 Å². The molecule has 0 bridgehead atoms. The highest BCUT2D eigenvalue weighted by Gasteiger charge is 2.40. The van der Waals surface area contributed by atoms with Gasteiger partial charge < -0.3 is 19.5 Å². The number of rotatable bonds is 14. The number of nitrogens with zero attached hydrogens (tertiary/aromatic N) is 2. The number of amides is 1. The Morgan fingerprint density at radius 2 is 1.41 bits per heavy atom. The quantitative estimate of drug-likeness (QED) is 0.0766. The predicted molar refractivity (Wildman–Crippen MR) is 192 cm³/mol. The van der Waals surface area contributed by atoms with E-state index in [0.717, 1.165) is 65.3 Å². The van der Waals surface area contributed by atoms with Gasteiger partial charge in [0.15, 0.2) is 28.2 Å². The molecule has 58 heavy (non-hydrogen) atoms. The second-order valence-corrected chi connectivity index (χ2v) is 17.0. The molecule has 2 aliphatic rings. The van der Waals surface area contributed by atoms with E-state index in [-0.39, 0.29) is 39.9 Å². The first-order valence-corrected chi connectivity index (χ1v) is 19.3. The van der Waals surface area contributed by atoms with E-state index < -0.39 is 92.1 Å². The molecule has 0 radical (unpaired) electrons. The smallest absolute Gasteiger partial charge is 0.488 e. The molecule has 0 aromatic heterocycles. The number of para-hydroxylation sites is 1. The predicted octanol–water partition coefficient (Wildman–Crippen LogP) is 9.12. The zero-order chi connectivity index (χ0) is 42.5. The Balaban J connectivity index is 1.52. The molecule has 310 valence electrons. The van der Waals surface area contributed by atoms with Crippen LogP contribution in [0, 0.1) is 29.1 Å². The summed E-state index contributed by atoms with van der Waals surface area (Å²) in [4.78, 5) is 25.3. The molecule has 2 saturated carbocycles. The second-order valence-electron chi connectivity index (χ2n) is 15.1. The summed E-state index contributed by atoms with van der Waals surface area (Å²) >= 11 is 0. The minimum Gasteiger partial charge on any atom is -0.488 e. The molecule has 0 atom stereocenters. The molecule has 2 fully saturated rings. The molecular weight excluding hydrogens is 804 g/mol. The number of sulfonamides is 1. The van der Waals surface area contributed by atoms with Crippen molar-refractivity contribution in [1.29, 1.82) is 0 Å². The highest BCUT2D eigenvalue weighted by molar-refractivity contribution is 7.89. The first-order valence-electron chi connectivity index (χ1n) is 17.9. The van der Waals surface area contributed by atoms with Crippen LogP contribution < -0.4 is 14.4 Å². The van der Waals surface area contributed by atoms with Gasteiger partial charge in [-0.3, -0.25) is 4.79 Å². The molecule has 0 heterocycles. The number of ether oxygens (including phenoxy) is 2. The number of aromatic carboxylic acids is 1. The van der Waals surface area contributed by atoms with Crippen LogP contribution in [0.5, 0.6) is 11.5 Å². The third-order valence-corrected chi connectivity index (χ3v) is 11.3. The largest absolute Gasteiger partial charge is 0.573 e. The lowest BCUT2D eigenvalue weighted by Crippen LogP contribution is -2.43. The number of hydrogen-bond acceptors (Lipinski definition) is 6. The summed E-state index contributed by atoms with van der Waals surface area (Å²) < 4.78 is 152. The molecule has 1 amide bonds. The number of anilines is 1. The van der Waals surface area contributed by atoms with Crippen molar-refractivity contribution in [3.05, 3.63) is 118 Å². The number of hydrogen-bond donors (Lipinski definition) is 1. The van der Waals surface area contributed by atoms with Crippen LogP contribution in [0.4, 0.5) is 40.8 Å². The minimum absolute atomic E-state index is 0.0343. The van der Waals surface area contributed by atoms with E-state index in [2.05, 4.69) is 4.74 Å². The van der Waals surface area contributed by atoms with E-state index in [1.165, 1.54) is 6.07 Å². The summed E-state index contributed by atoms with van der Waals surface area (Å²) in [6, 6.07) is 13.1. The molecule has 4 aromatic rings. The first-order chi connectivity index (χ1) is 27.0. The van der Waals surface area contributed by atoms with Crippen LogP contribution in [0.3, 0.4) is 0 Å². The molecule has 9 nitrogen and oxygen atoms in total. The fourth-order valence-electron chi connectivity index (χ4n) is 6.17. The lowest BCUT2D eigenvalue weighted by molar-refractivity contribution is -0.275. The molecule has 4 aromatic carbocycles. The molecule has 0 aliphatic heterocycles. The summed E-state index contributed by atoms with van der Waals surface area (Å²) in [5.74, 6) is -16.9. The van der Waals surface area contributed by atoms with Gasteiger partial charge in [0.05, 0.1) is 30.4 Å². The van der Waals surface area contributed by atoms with E-state index in [4.69, 9.17) is 4.74 Å². The Hall–Kier alpha value is -5.23. The van der Waals surface area contributed by atoms with Crippen LogP contribution >= 0.6 is 0 Å². The van der Waals surface area contributed by atoms with Crippen LogP contribution in [0.1, 0.15) is 85.0 Å². The van der Waals surface area contributed by atoms with Crippen molar-refractivity contribution in [2.45, 2.75) is 88.2 Å².